The fraction of sp³-hybridized carbons (Fsp3) is 0.778. The zero-order valence-electron chi connectivity index (χ0n) is 6.40. The van der Waals surface area contributed by atoms with Crippen molar-refractivity contribution in [3.63, 3.8) is 0 Å². The first kappa shape index (κ1) is 6.41. The van der Waals surface area contributed by atoms with Gasteiger partial charge in [-0.15, -0.1) is 0 Å². The highest BCUT2D eigenvalue weighted by Gasteiger charge is 2.30. The Morgan fingerprint density at radius 2 is 2.10 bits per heavy atom. The van der Waals surface area contributed by atoms with E-state index in [1.165, 1.54) is 38.6 Å². The molecule has 0 aromatic heterocycles. The average Bonchev–Trinajstić information content (AvgIpc) is 2.39. The summed E-state index contributed by atoms with van der Waals surface area (Å²) in [5.74, 6) is 0. The lowest BCUT2D eigenvalue weighted by atomic mass is 9.86. The van der Waals surface area contributed by atoms with Gasteiger partial charge in [0.15, 0.2) is 0 Å². The zero-order valence-corrected chi connectivity index (χ0v) is 6.40. The van der Waals surface area contributed by atoms with Crippen LogP contribution in [0.25, 0.3) is 0 Å². The maximum Gasteiger partial charge on any atom is 0.0364 e. The summed E-state index contributed by atoms with van der Waals surface area (Å²) < 4.78 is 0. The highest BCUT2D eigenvalue weighted by Crippen LogP contribution is 2.29. The van der Waals surface area contributed by atoms with Gasteiger partial charge in [-0.2, -0.15) is 0 Å². The second kappa shape index (κ2) is 2.39. The van der Waals surface area contributed by atoms with Crippen molar-refractivity contribution >= 4 is 0 Å². The van der Waals surface area contributed by atoms with Crippen molar-refractivity contribution in [3.05, 3.63) is 12.2 Å². The first-order valence-corrected chi connectivity index (χ1v) is 4.34. The molecular weight excluding hydrogens is 122 g/mol. The van der Waals surface area contributed by atoms with Crippen LogP contribution in [-0.4, -0.2) is 12.1 Å². The van der Waals surface area contributed by atoms with Crippen LogP contribution in [0.3, 0.4) is 0 Å². The summed E-state index contributed by atoms with van der Waals surface area (Å²) in [7, 11) is 0. The third-order valence-electron chi connectivity index (χ3n) is 2.71. The van der Waals surface area contributed by atoms with E-state index in [9.17, 15) is 0 Å². The highest BCUT2D eigenvalue weighted by atomic mass is 15.0. The smallest absolute Gasteiger partial charge is 0.0364 e. The quantitative estimate of drug-likeness (QED) is 0.502. The predicted molar refractivity (Wildman–Crippen MR) is 43.0 cm³/mol. The van der Waals surface area contributed by atoms with Gasteiger partial charge in [0.2, 0.25) is 0 Å². The van der Waals surface area contributed by atoms with Gasteiger partial charge in [0.1, 0.15) is 0 Å². The minimum absolute atomic E-state index is 0.443. The number of nitrogens with one attached hydrogen (secondary N) is 1. The first-order chi connectivity index (χ1) is 4.91. The molecule has 1 atom stereocenters. The van der Waals surface area contributed by atoms with Gasteiger partial charge >= 0.3 is 0 Å². The number of hydrogen-bond acceptors (Lipinski definition) is 1. The van der Waals surface area contributed by atoms with Crippen molar-refractivity contribution in [2.45, 2.75) is 37.6 Å². The Kier molecular flexibility index (Phi) is 1.53. The van der Waals surface area contributed by atoms with Crippen molar-refractivity contribution in [3.8, 4) is 0 Å². The summed E-state index contributed by atoms with van der Waals surface area (Å²) in [6.45, 7) is 1.23. The Hall–Kier alpha value is -0.300. The summed E-state index contributed by atoms with van der Waals surface area (Å²) in [5.41, 5.74) is 0.443. The Balaban J connectivity index is 2.11. The second-order valence-electron chi connectivity index (χ2n) is 3.48. The van der Waals surface area contributed by atoms with Crippen molar-refractivity contribution in [2.75, 3.05) is 6.54 Å². The van der Waals surface area contributed by atoms with Gasteiger partial charge in [-0.1, -0.05) is 12.2 Å². The first-order valence-electron chi connectivity index (χ1n) is 4.34. The van der Waals surface area contributed by atoms with Gasteiger partial charge in [0.25, 0.3) is 0 Å². The average molecular weight is 137 g/mol. The van der Waals surface area contributed by atoms with E-state index in [-0.39, 0.29) is 0 Å². The van der Waals surface area contributed by atoms with Crippen LogP contribution in [-0.2, 0) is 0 Å². The summed E-state index contributed by atoms with van der Waals surface area (Å²) in [5, 5.41) is 3.59. The molecule has 1 heterocycles. The summed E-state index contributed by atoms with van der Waals surface area (Å²) in [4.78, 5) is 0. The third kappa shape index (κ3) is 0.988. The minimum atomic E-state index is 0.443. The largest absolute Gasteiger partial charge is 0.308 e. The van der Waals surface area contributed by atoms with Crippen LogP contribution < -0.4 is 5.32 Å². The Labute approximate surface area is 62.5 Å². The molecule has 1 aliphatic carbocycles. The summed E-state index contributed by atoms with van der Waals surface area (Å²) >= 11 is 0. The van der Waals surface area contributed by atoms with Gasteiger partial charge in [0.05, 0.1) is 0 Å². The molecule has 1 heteroatoms. The lowest BCUT2D eigenvalue weighted by Crippen LogP contribution is -2.38. The topological polar surface area (TPSA) is 12.0 Å². The lowest BCUT2D eigenvalue weighted by Gasteiger charge is -2.28. The molecule has 56 valence electrons. The second-order valence-corrected chi connectivity index (χ2v) is 3.48. The van der Waals surface area contributed by atoms with Gasteiger partial charge in [-0.05, 0) is 38.6 Å². The molecule has 1 saturated heterocycles. The monoisotopic (exact) mass is 137 g/mol. The zero-order chi connectivity index (χ0) is 6.86. The molecule has 1 nitrogen and oxygen atoms in total. The van der Waals surface area contributed by atoms with Crippen molar-refractivity contribution in [2.24, 2.45) is 0 Å². The van der Waals surface area contributed by atoms with Crippen LogP contribution in [0, 0.1) is 0 Å². The van der Waals surface area contributed by atoms with Gasteiger partial charge in [-0.25, -0.2) is 0 Å². The molecular formula is C9H15N. The lowest BCUT2D eigenvalue weighted by molar-refractivity contribution is 0.408. The fourth-order valence-corrected chi connectivity index (χ4v) is 2.11. The van der Waals surface area contributed by atoms with E-state index in [1.54, 1.807) is 0 Å². The molecule has 0 bridgehead atoms. The molecule has 0 aromatic carbocycles. The molecule has 1 N–H and O–H groups in total. The van der Waals surface area contributed by atoms with Gasteiger partial charge in [0, 0.05) is 5.54 Å². The SMILES string of the molecule is C1=CC2(CCC1)CCCN2. The molecule has 1 fully saturated rings. The van der Waals surface area contributed by atoms with E-state index in [0.717, 1.165) is 0 Å². The molecule has 0 radical (unpaired) electrons. The van der Waals surface area contributed by atoms with Crippen molar-refractivity contribution in [1.82, 2.24) is 5.32 Å². The molecule has 10 heavy (non-hydrogen) atoms. The highest BCUT2D eigenvalue weighted by molar-refractivity contribution is 5.12. The number of allylic oxidation sites excluding steroid dienone is 1. The molecule has 0 saturated carbocycles. The maximum atomic E-state index is 3.59. The Bertz CT molecular complexity index is 143. The third-order valence-corrected chi connectivity index (χ3v) is 2.71. The van der Waals surface area contributed by atoms with Crippen LogP contribution >= 0.6 is 0 Å². The summed E-state index contributed by atoms with van der Waals surface area (Å²) in [6.07, 6.45) is 11.5. The van der Waals surface area contributed by atoms with Crippen molar-refractivity contribution in [1.29, 1.82) is 0 Å². The van der Waals surface area contributed by atoms with Crippen LogP contribution in [0.1, 0.15) is 32.1 Å². The van der Waals surface area contributed by atoms with E-state index in [0.29, 0.717) is 5.54 Å². The predicted octanol–water partition coefficient (Wildman–Crippen LogP) is 1.85. The van der Waals surface area contributed by atoms with E-state index in [4.69, 9.17) is 0 Å². The Morgan fingerprint density at radius 1 is 1.20 bits per heavy atom. The number of rotatable bonds is 0. The standard InChI is InChI=1S/C9H15N/c1-2-5-9(6-3-1)7-4-8-10-9/h2,5,10H,1,3-4,6-8H2. The van der Waals surface area contributed by atoms with Crippen LogP contribution in [0.15, 0.2) is 12.2 Å². The van der Waals surface area contributed by atoms with Crippen LogP contribution in [0.2, 0.25) is 0 Å². The maximum absolute atomic E-state index is 3.59. The normalized spacial score (nSPS) is 39.2. The van der Waals surface area contributed by atoms with Gasteiger partial charge in [-0.3, -0.25) is 0 Å². The fourth-order valence-electron chi connectivity index (χ4n) is 2.11. The van der Waals surface area contributed by atoms with Crippen LogP contribution in [0.4, 0.5) is 0 Å². The van der Waals surface area contributed by atoms with Crippen LogP contribution in [0.5, 0.6) is 0 Å². The van der Waals surface area contributed by atoms with E-state index >= 15 is 0 Å². The minimum Gasteiger partial charge on any atom is -0.308 e. The summed E-state index contributed by atoms with van der Waals surface area (Å²) in [6, 6.07) is 0. The molecule has 0 aromatic rings. The number of hydrogen-bond donors (Lipinski definition) is 1. The molecule has 2 aliphatic rings. The van der Waals surface area contributed by atoms with E-state index in [1.807, 2.05) is 0 Å². The van der Waals surface area contributed by atoms with Crippen molar-refractivity contribution < 1.29 is 0 Å². The molecule has 0 amide bonds. The molecule has 2 rings (SSSR count). The van der Waals surface area contributed by atoms with Gasteiger partial charge < -0.3 is 5.32 Å². The van der Waals surface area contributed by atoms with E-state index in [2.05, 4.69) is 17.5 Å². The molecule has 1 spiro atoms. The molecule has 1 unspecified atom stereocenters. The van der Waals surface area contributed by atoms with E-state index < -0.39 is 0 Å². The Morgan fingerprint density at radius 3 is 2.70 bits per heavy atom. The molecule has 1 aliphatic heterocycles.